The second-order valence-electron chi connectivity index (χ2n) is 3.90. The first-order chi connectivity index (χ1) is 9.06. The van der Waals surface area contributed by atoms with E-state index >= 15 is 0 Å². The van der Waals surface area contributed by atoms with Gasteiger partial charge in [0, 0.05) is 18.4 Å². The summed E-state index contributed by atoms with van der Waals surface area (Å²) in [6.07, 6.45) is 1.62. The van der Waals surface area contributed by atoms with Gasteiger partial charge in [-0.05, 0) is 29.8 Å². The van der Waals surface area contributed by atoms with Crippen molar-refractivity contribution in [1.82, 2.24) is 4.98 Å². The fraction of sp³-hybridized carbons (Fsp3) is 0.0769. The molecular formula is C13H11ClFN3S. The Morgan fingerprint density at radius 3 is 2.84 bits per heavy atom. The predicted molar refractivity (Wildman–Crippen MR) is 78.9 cm³/mol. The molecule has 1 heterocycles. The molecular weight excluding hydrogens is 285 g/mol. The van der Waals surface area contributed by atoms with Crippen molar-refractivity contribution in [1.29, 1.82) is 0 Å². The van der Waals surface area contributed by atoms with Gasteiger partial charge in [0.05, 0.1) is 10.7 Å². The highest BCUT2D eigenvalue weighted by Crippen LogP contribution is 2.17. The van der Waals surface area contributed by atoms with E-state index in [4.69, 9.17) is 29.6 Å². The summed E-state index contributed by atoms with van der Waals surface area (Å²) in [4.78, 5) is 4.29. The molecule has 2 aromatic rings. The monoisotopic (exact) mass is 295 g/mol. The second-order valence-corrected chi connectivity index (χ2v) is 4.74. The van der Waals surface area contributed by atoms with Crippen LogP contribution in [0, 0.1) is 5.82 Å². The van der Waals surface area contributed by atoms with Crippen molar-refractivity contribution in [3.05, 3.63) is 58.6 Å². The Balaban J connectivity index is 2.07. The minimum Gasteiger partial charge on any atom is -0.388 e. The number of hydrogen-bond acceptors (Lipinski definition) is 3. The average molecular weight is 296 g/mol. The molecule has 0 radical (unpaired) electrons. The lowest BCUT2D eigenvalue weighted by molar-refractivity contribution is 0.627. The number of halogens is 2. The molecule has 0 bridgehead atoms. The fourth-order valence-electron chi connectivity index (χ4n) is 1.53. The molecule has 0 spiro atoms. The van der Waals surface area contributed by atoms with Gasteiger partial charge < -0.3 is 11.1 Å². The number of aromatic nitrogens is 1. The molecule has 1 aromatic heterocycles. The van der Waals surface area contributed by atoms with Crippen molar-refractivity contribution in [3.8, 4) is 0 Å². The van der Waals surface area contributed by atoms with E-state index in [1.807, 2.05) is 0 Å². The van der Waals surface area contributed by atoms with Crippen molar-refractivity contribution in [3.63, 3.8) is 0 Å². The first-order valence-electron chi connectivity index (χ1n) is 5.50. The maximum Gasteiger partial charge on any atom is 0.141 e. The van der Waals surface area contributed by atoms with Crippen LogP contribution in [-0.4, -0.2) is 9.97 Å². The Hall–Kier alpha value is -1.72. The van der Waals surface area contributed by atoms with Crippen LogP contribution in [0.5, 0.6) is 0 Å². The maximum atomic E-state index is 13.0. The number of pyridine rings is 1. The molecule has 19 heavy (non-hydrogen) atoms. The van der Waals surface area contributed by atoms with E-state index in [2.05, 4.69) is 10.3 Å². The SMILES string of the molecule is NC(=S)c1cc(NCc2ccc(F)c(Cl)c2)ccn1. The molecule has 0 atom stereocenters. The summed E-state index contributed by atoms with van der Waals surface area (Å²) in [6, 6.07) is 8.15. The number of rotatable bonds is 4. The average Bonchev–Trinajstić information content (AvgIpc) is 2.40. The van der Waals surface area contributed by atoms with E-state index < -0.39 is 5.82 Å². The summed E-state index contributed by atoms with van der Waals surface area (Å²) in [6.45, 7) is 0.515. The second kappa shape index (κ2) is 5.95. The van der Waals surface area contributed by atoms with E-state index in [0.717, 1.165) is 11.3 Å². The summed E-state index contributed by atoms with van der Waals surface area (Å²) in [5.74, 6) is -0.426. The number of nitrogens with one attached hydrogen (secondary N) is 1. The summed E-state index contributed by atoms with van der Waals surface area (Å²) in [5, 5.41) is 3.28. The first-order valence-corrected chi connectivity index (χ1v) is 6.28. The van der Waals surface area contributed by atoms with Crippen molar-refractivity contribution in [2.45, 2.75) is 6.54 Å². The van der Waals surface area contributed by atoms with Crippen molar-refractivity contribution >= 4 is 34.5 Å². The Morgan fingerprint density at radius 2 is 2.16 bits per heavy atom. The Bertz CT molecular complexity index is 619. The lowest BCUT2D eigenvalue weighted by atomic mass is 10.2. The van der Waals surface area contributed by atoms with Gasteiger partial charge in [0.2, 0.25) is 0 Å². The van der Waals surface area contributed by atoms with Crippen LogP contribution in [-0.2, 0) is 6.54 Å². The van der Waals surface area contributed by atoms with E-state index in [1.54, 1.807) is 30.5 Å². The summed E-state index contributed by atoms with van der Waals surface area (Å²) in [7, 11) is 0. The quantitative estimate of drug-likeness (QED) is 0.851. The third kappa shape index (κ3) is 3.62. The van der Waals surface area contributed by atoms with Gasteiger partial charge in [-0.1, -0.05) is 29.9 Å². The van der Waals surface area contributed by atoms with Gasteiger partial charge in [-0.15, -0.1) is 0 Å². The minimum atomic E-state index is -0.426. The zero-order valence-corrected chi connectivity index (χ0v) is 11.4. The van der Waals surface area contributed by atoms with Gasteiger partial charge in [-0.3, -0.25) is 4.98 Å². The molecule has 0 unspecified atom stereocenters. The number of anilines is 1. The van der Waals surface area contributed by atoms with Gasteiger partial charge in [0.15, 0.2) is 0 Å². The third-order valence-corrected chi connectivity index (χ3v) is 2.99. The van der Waals surface area contributed by atoms with E-state index in [9.17, 15) is 4.39 Å². The summed E-state index contributed by atoms with van der Waals surface area (Å²) in [5.41, 5.74) is 7.77. The Labute approximate surface area is 120 Å². The summed E-state index contributed by atoms with van der Waals surface area (Å²) >= 11 is 10.6. The number of benzene rings is 1. The fourth-order valence-corrected chi connectivity index (χ4v) is 1.84. The van der Waals surface area contributed by atoms with Crippen LogP contribution in [0.15, 0.2) is 36.5 Å². The van der Waals surface area contributed by atoms with Crippen molar-refractivity contribution < 1.29 is 4.39 Å². The lowest BCUT2D eigenvalue weighted by Gasteiger charge is -2.08. The molecule has 2 rings (SSSR count). The molecule has 0 aliphatic rings. The van der Waals surface area contributed by atoms with Crippen LogP contribution in [0.3, 0.4) is 0 Å². The first kappa shape index (κ1) is 13.7. The number of hydrogen-bond donors (Lipinski definition) is 2. The van der Waals surface area contributed by atoms with Crippen LogP contribution in [0.2, 0.25) is 5.02 Å². The van der Waals surface area contributed by atoms with Crippen LogP contribution in [0.1, 0.15) is 11.3 Å². The minimum absolute atomic E-state index is 0.109. The Kier molecular flexibility index (Phi) is 4.29. The largest absolute Gasteiger partial charge is 0.388 e. The molecule has 0 amide bonds. The van der Waals surface area contributed by atoms with Gasteiger partial charge in [0.1, 0.15) is 10.8 Å². The normalized spacial score (nSPS) is 10.2. The van der Waals surface area contributed by atoms with Gasteiger partial charge in [0.25, 0.3) is 0 Å². The number of nitrogens with zero attached hydrogens (tertiary/aromatic N) is 1. The smallest absolute Gasteiger partial charge is 0.141 e. The van der Waals surface area contributed by atoms with Gasteiger partial charge in [-0.25, -0.2) is 4.39 Å². The molecule has 0 aliphatic heterocycles. The predicted octanol–water partition coefficient (Wildman–Crippen LogP) is 3.12. The van der Waals surface area contributed by atoms with Crippen LogP contribution in [0.25, 0.3) is 0 Å². The molecule has 0 saturated carbocycles. The van der Waals surface area contributed by atoms with Crippen LogP contribution >= 0.6 is 23.8 Å². The molecule has 98 valence electrons. The molecule has 3 nitrogen and oxygen atoms in total. The molecule has 0 fully saturated rings. The van der Waals surface area contributed by atoms with E-state index in [-0.39, 0.29) is 10.0 Å². The molecule has 1 aromatic carbocycles. The van der Waals surface area contributed by atoms with Gasteiger partial charge in [-0.2, -0.15) is 0 Å². The zero-order valence-electron chi connectivity index (χ0n) is 9.86. The molecule has 3 N–H and O–H groups in total. The lowest BCUT2D eigenvalue weighted by Crippen LogP contribution is -2.12. The van der Waals surface area contributed by atoms with Crippen LogP contribution < -0.4 is 11.1 Å². The summed E-state index contributed by atoms with van der Waals surface area (Å²) < 4.78 is 13.0. The molecule has 0 aliphatic carbocycles. The van der Waals surface area contributed by atoms with Crippen molar-refractivity contribution in [2.24, 2.45) is 5.73 Å². The zero-order chi connectivity index (χ0) is 13.8. The molecule has 0 saturated heterocycles. The van der Waals surface area contributed by atoms with E-state index in [1.165, 1.54) is 6.07 Å². The molecule has 6 heteroatoms. The highest BCUT2D eigenvalue weighted by molar-refractivity contribution is 7.80. The topological polar surface area (TPSA) is 50.9 Å². The van der Waals surface area contributed by atoms with E-state index in [0.29, 0.717) is 12.2 Å². The van der Waals surface area contributed by atoms with Crippen molar-refractivity contribution in [2.75, 3.05) is 5.32 Å². The highest BCUT2D eigenvalue weighted by atomic mass is 35.5. The van der Waals surface area contributed by atoms with Crippen LogP contribution in [0.4, 0.5) is 10.1 Å². The highest BCUT2D eigenvalue weighted by Gasteiger charge is 2.02. The maximum absolute atomic E-state index is 13.0. The third-order valence-electron chi connectivity index (χ3n) is 2.49. The number of nitrogens with two attached hydrogens (primary N) is 1. The number of thiocarbonyl (C=S) groups is 1. The standard InChI is InChI=1S/C13H11ClFN3S/c14-10-5-8(1-2-11(10)15)7-18-9-3-4-17-12(6-9)13(16)19/h1-6H,7H2,(H2,16,19)(H,17,18). The Morgan fingerprint density at radius 1 is 1.37 bits per heavy atom. The van der Waals surface area contributed by atoms with Gasteiger partial charge >= 0.3 is 0 Å².